The van der Waals surface area contributed by atoms with Crippen LogP contribution in [0.5, 0.6) is 0 Å². The second-order valence-electron chi connectivity index (χ2n) is 6.92. The van der Waals surface area contributed by atoms with Crippen molar-refractivity contribution < 1.29 is 19.1 Å². The molecule has 2 bridgehead atoms. The SMILES string of the molecule is O=C(N[C@@H]1C[C@H]2CC[C@H]1O2)N1CCC[C@H]1C[C@@H](O)c1ccco1. The molecule has 3 fully saturated rings. The third-order valence-corrected chi connectivity index (χ3v) is 5.42. The van der Waals surface area contributed by atoms with Gasteiger partial charge in [-0.05, 0) is 44.2 Å². The van der Waals surface area contributed by atoms with Crippen LogP contribution in [0.3, 0.4) is 0 Å². The molecule has 23 heavy (non-hydrogen) atoms. The molecule has 5 atom stereocenters. The average Bonchev–Trinajstić information content (AvgIpc) is 3.31. The van der Waals surface area contributed by atoms with E-state index in [0.717, 1.165) is 38.6 Å². The Hall–Kier alpha value is -1.53. The number of nitrogens with zero attached hydrogens (tertiary/aromatic N) is 1. The Labute approximate surface area is 135 Å². The summed E-state index contributed by atoms with van der Waals surface area (Å²) in [5.74, 6) is 0.568. The molecule has 0 spiro atoms. The lowest BCUT2D eigenvalue weighted by Gasteiger charge is -2.29. The Morgan fingerprint density at radius 2 is 2.35 bits per heavy atom. The van der Waals surface area contributed by atoms with E-state index >= 15 is 0 Å². The van der Waals surface area contributed by atoms with Crippen LogP contribution in [0, 0.1) is 0 Å². The maximum absolute atomic E-state index is 12.6. The lowest BCUT2D eigenvalue weighted by molar-refractivity contribution is 0.0937. The van der Waals surface area contributed by atoms with Gasteiger partial charge in [0, 0.05) is 19.0 Å². The van der Waals surface area contributed by atoms with Gasteiger partial charge in [-0.25, -0.2) is 4.79 Å². The van der Waals surface area contributed by atoms with Crippen LogP contribution in [0.1, 0.15) is 50.4 Å². The van der Waals surface area contributed by atoms with E-state index in [4.69, 9.17) is 9.15 Å². The van der Waals surface area contributed by atoms with Crippen molar-refractivity contribution in [3.8, 4) is 0 Å². The van der Waals surface area contributed by atoms with Gasteiger partial charge in [-0.15, -0.1) is 0 Å². The molecule has 1 aromatic heterocycles. The van der Waals surface area contributed by atoms with Gasteiger partial charge in [0.05, 0.1) is 24.5 Å². The fourth-order valence-electron chi connectivity index (χ4n) is 4.23. The van der Waals surface area contributed by atoms with Crippen molar-refractivity contribution in [2.45, 2.75) is 68.9 Å². The molecule has 1 aromatic rings. The summed E-state index contributed by atoms with van der Waals surface area (Å²) in [5, 5.41) is 13.4. The van der Waals surface area contributed by atoms with Gasteiger partial charge in [-0.1, -0.05) is 0 Å². The van der Waals surface area contributed by atoms with E-state index < -0.39 is 6.10 Å². The summed E-state index contributed by atoms with van der Waals surface area (Å²) in [4.78, 5) is 14.5. The maximum atomic E-state index is 12.6. The minimum absolute atomic E-state index is 0.0136. The zero-order valence-corrected chi connectivity index (χ0v) is 13.2. The zero-order valence-electron chi connectivity index (χ0n) is 13.2. The van der Waals surface area contributed by atoms with Gasteiger partial charge in [0.15, 0.2) is 0 Å². The molecule has 0 unspecified atom stereocenters. The highest BCUT2D eigenvalue weighted by molar-refractivity contribution is 5.75. The van der Waals surface area contributed by atoms with Crippen LogP contribution < -0.4 is 5.32 Å². The summed E-state index contributed by atoms with van der Waals surface area (Å²) in [6, 6.07) is 3.75. The number of amides is 2. The van der Waals surface area contributed by atoms with Gasteiger partial charge in [0.2, 0.25) is 0 Å². The molecule has 3 aliphatic rings. The molecule has 6 nitrogen and oxygen atoms in total. The molecule has 2 amide bonds. The second kappa shape index (κ2) is 6.17. The van der Waals surface area contributed by atoms with E-state index in [1.807, 2.05) is 4.90 Å². The predicted octanol–water partition coefficient (Wildman–Crippen LogP) is 2.20. The highest BCUT2D eigenvalue weighted by atomic mass is 16.5. The number of aliphatic hydroxyl groups excluding tert-OH is 1. The monoisotopic (exact) mass is 320 g/mol. The summed E-state index contributed by atoms with van der Waals surface area (Å²) in [6.45, 7) is 0.753. The number of nitrogens with one attached hydrogen (secondary N) is 1. The second-order valence-corrected chi connectivity index (χ2v) is 6.92. The molecule has 3 aliphatic heterocycles. The number of hydrogen-bond acceptors (Lipinski definition) is 4. The molecule has 0 radical (unpaired) electrons. The number of rotatable bonds is 4. The number of likely N-dealkylation sites (tertiary alicyclic amines) is 1. The van der Waals surface area contributed by atoms with Crippen molar-refractivity contribution in [3.05, 3.63) is 24.2 Å². The molecule has 126 valence electrons. The number of aliphatic hydroxyl groups is 1. The van der Waals surface area contributed by atoms with E-state index in [1.165, 1.54) is 0 Å². The molecule has 4 heterocycles. The van der Waals surface area contributed by atoms with Crippen LogP contribution in [0.25, 0.3) is 0 Å². The van der Waals surface area contributed by atoms with Crippen molar-refractivity contribution in [2.24, 2.45) is 0 Å². The van der Waals surface area contributed by atoms with E-state index in [9.17, 15) is 9.90 Å². The number of ether oxygens (including phenoxy) is 1. The fourth-order valence-corrected chi connectivity index (χ4v) is 4.23. The number of furan rings is 1. The first-order valence-electron chi connectivity index (χ1n) is 8.65. The Morgan fingerprint density at radius 3 is 3.04 bits per heavy atom. The average molecular weight is 320 g/mol. The molecular formula is C17H24N2O4. The Balaban J connectivity index is 1.34. The lowest BCUT2D eigenvalue weighted by Crippen LogP contribution is -2.49. The first-order valence-corrected chi connectivity index (χ1v) is 8.65. The summed E-state index contributed by atoms with van der Waals surface area (Å²) in [6.07, 6.45) is 6.97. The first kappa shape index (κ1) is 15.0. The number of hydrogen-bond donors (Lipinski definition) is 2. The molecule has 6 heteroatoms. The van der Waals surface area contributed by atoms with Crippen molar-refractivity contribution in [2.75, 3.05) is 6.54 Å². The van der Waals surface area contributed by atoms with E-state index in [0.29, 0.717) is 18.3 Å². The van der Waals surface area contributed by atoms with Crippen molar-refractivity contribution >= 4 is 6.03 Å². The van der Waals surface area contributed by atoms with Gasteiger partial charge in [0.1, 0.15) is 11.9 Å². The molecule has 2 N–H and O–H groups in total. The third kappa shape index (κ3) is 2.97. The Morgan fingerprint density at radius 1 is 1.43 bits per heavy atom. The normalized spacial score (nSPS) is 34.0. The van der Waals surface area contributed by atoms with Crippen LogP contribution in [0.15, 0.2) is 22.8 Å². The standard InChI is InChI=1S/C17H24N2O4/c20-14(16-4-2-8-22-16)9-11-3-1-7-19(11)17(21)18-13-10-12-5-6-15(13)23-12/h2,4,8,11-15,20H,1,3,5-7,9-10H2,(H,18,21)/t11-,12+,13+,14+,15+/m0/s1. The predicted molar refractivity (Wildman–Crippen MR) is 82.8 cm³/mol. The molecule has 0 aromatic carbocycles. The molecular weight excluding hydrogens is 296 g/mol. The summed E-state index contributed by atoms with van der Waals surface area (Å²) >= 11 is 0. The summed E-state index contributed by atoms with van der Waals surface area (Å²) in [7, 11) is 0. The zero-order chi connectivity index (χ0) is 15.8. The molecule has 0 saturated carbocycles. The largest absolute Gasteiger partial charge is 0.467 e. The smallest absolute Gasteiger partial charge is 0.317 e. The number of carbonyl (C=O) groups excluding carboxylic acids is 1. The van der Waals surface area contributed by atoms with Crippen LogP contribution in [-0.4, -0.2) is 46.9 Å². The summed E-state index contributed by atoms with van der Waals surface area (Å²) < 4.78 is 11.1. The fraction of sp³-hybridized carbons (Fsp3) is 0.706. The van der Waals surface area contributed by atoms with E-state index in [2.05, 4.69) is 5.32 Å². The van der Waals surface area contributed by atoms with Crippen LogP contribution >= 0.6 is 0 Å². The third-order valence-electron chi connectivity index (χ3n) is 5.42. The Bertz CT molecular complexity index is 547. The van der Waals surface area contributed by atoms with Crippen LogP contribution in [-0.2, 0) is 4.74 Å². The maximum Gasteiger partial charge on any atom is 0.317 e. The van der Waals surface area contributed by atoms with Gasteiger partial charge in [-0.2, -0.15) is 0 Å². The summed E-state index contributed by atoms with van der Waals surface area (Å²) in [5.41, 5.74) is 0. The number of fused-ring (bicyclic) bond motifs is 2. The van der Waals surface area contributed by atoms with Crippen LogP contribution in [0.4, 0.5) is 4.79 Å². The van der Waals surface area contributed by atoms with E-state index in [1.54, 1.807) is 18.4 Å². The minimum atomic E-state index is -0.658. The van der Waals surface area contributed by atoms with Gasteiger partial charge in [-0.3, -0.25) is 0 Å². The molecule has 3 saturated heterocycles. The van der Waals surface area contributed by atoms with Crippen molar-refractivity contribution in [1.29, 1.82) is 0 Å². The topological polar surface area (TPSA) is 74.9 Å². The van der Waals surface area contributed by atoms with Gasteiger partial charge in [0.25, 0.3) is 0 Å². The van der Waals surface area contributed by atoms with E-state index in [-0.39, 0.29) is 24.2 Å². The van der Waals surface area contributed by atoms with Crippen molar-refractivity contribution in [3.63, 3.8) is 0 Å². The van der Waals surface area contributed by atoms with Crippen LogP contribution in [0.2, 0.25) is 0 Å². The molecule has 0 aliphatic carbocycles. The van der Waals surface area contributed by atoms with Gasteiger partial charge >= 0.3 is 6.03 Å². The molecule has 4 rings (SSSR count). The minimum Gasteiger partial charge on any atom is -0.467 e. The number of carbonyl (C=O) groups is 1. The Kier molecular flexibility index (Phi) is 4.03. The highest BCUT2D eigenvalue weighted by Gasteiger charge is 2.42. The lowest BCUT2D eigenvalue weighted by atomic mass is 9.96. The first-order chi connectivity index (χ1) is 11.2. The highest BCUT2D eigenvalue weighted by Crippen LogP contribution is 2.35. The quantitative estimate of drug-likeness (QED) is 0.892. The number of urea groups is 1. The van der Waals surface area contributed by atoms with Gasteiger partial charge < -0.3 is 24.5 Å². The van der Waals surface area contributed by atoms with Crippen molar-refractivity contribution in [1.82, 2.24) is 10.2 Å².